The maximum Gasteiger partial charge on any atom is 0.288 e. The maximum absolute atomic E-state index is 10.9. The summed E-state index contributed by atoms with van der Waals surface area (Å²) in [6.45, 7) is 2.79. The SMILES string of the molecule is Cl.NC1CCC2CN(Cc3ccc(Cl)c([N+](=O)[O-])c3)CC12. The van der Waals surface area contributed by atoms with E-state index in [0.717, 1.165) is 31.6 Å². The summed E-state index contributed by atoms with van der Waals surface area (Å²) in [6.07, 6.45) is 2.35. The van der Waals surface area contributed by atoms with Crippen molar-refractivity contribution in [1.29, 1.82) is 0 Å². The monoisotopic (exact) mass is 331 g/mol. The van der Waals surface area contributed by atoms with E-state index in [1.165, 1.54) is 6.42 Å². The summed E-state index contributed by atoms with van der Waals surface area (Å²) in [6, 6.07) is 5.38. The number of nitrogens with zero attached hydrogens (tertiary/aromatic N) is 2. The first kappa shape index (κ1) is 16.5. The Morgan fingerprint density at radius 1 is 1.38 bits per heavy atom. The van der Waals surface area contributed by atoms with Gasteiger partial charge < -0.3 is 5.73 Å². The Morgan fingerprint density at radius 2 is 2.14 bits per heavy atom. The predicted octanol–water partition coefficient (Wildman–Crippen LogP) is 2.84. The number of hydrogen-bond donors (Lipinski definition) is 1. The molecule has 1 aliphatic heterocycles. The molecular weight excluding hydrogens is 313 g/mol. The average molecular weight is 332 g/mol. The molecule has 2 N–H and O–H groups in total. The number of rotatable bonds is 3. The van der Waals surface area contributed by atoms with E-state index in [4.69, 9.17) is 17.3 Å². The molecule has 21 heavy (non-hydrogen) atoms. The van der Waals surface area contributed by atoms with E-state index >= 15 is 0 Å². The van der Waals surface area contributed by atoms with Crippen LogP contribution in [0.5, 0.6) is 0 Å². The largest absolute Gasteiger partial charge is 0.327 e. The minimum Gasteiger partial charge on any atom is -0.327 e. The van der Waals surface area contributed by atoms with Crippen molar-refractivity contribution in [2.45, 2.75) is 25.4 Å². The smallest absolute Gasteiger partial charge is 0.288 e. The van der Waals surface area contributed by atoms with E-state index in [2.05, 4.69) is 4.90 Å². The van der Waals surface area contributed by atoms with Gasteiger partial charge in [-0.15, -0.1) is 12.4 Å². The van der Waals surface area contributed by atoms with E-state index in [9.17, 15) is 10.1 Å². The fourth-order valence-corrected chi connectivity index (χ4v) is 3.77. The highest BCUT2D eigenvalue weighted by atomic mass is 35.5. The molecule has 3 unspecified atom stereocenters. The Morgan fingerprint density at radius 3 is 2.81 bits per heavy atom. The van der Waals surface area contributed by atoms with Gasteiger partial charge in [-0.2, -0.15) is 0 Å². The first-order valence-corrected chi connectivity index (χ1v) is 7.33. The van der Waals surface area contributed by atoms with Crippen LogP contribution in [0.2, 0.25) is 5.02 Å². The van der Waals surface area contributed by atoms with E-state index in [-0.39, 0.29) is 23.1 Å². The van der Waals surface area contributed by atoms with E-state index in [0.29, 0.717) is 17.9 Å². The molecule has 5 nitrogen and oxygen atoms in total. The van der Waals surface area contributed by atoms with Gasteiger partial charge in [-0.25, -0.2) is 0 Å². The van der Waals surface area contributed by atoms with Gasteiger partial charge in [0.05, 0.1) is 4.92 Å². The van der Waals surface area contributed by atoms with Crippen molar-refractivity contribution in [2.75, 3.05) is 13.1 Å². The Kier molecular flexibility index (Phi) is 5.09. The van der Waals surface area contributed by atoms with Gasteiger partial charge in [0.1, 0.15) is 5.02 Å². The van der Waals surface area contributed by atoms with Crippen molar-refractivity contribution in [1.82, 2.24) is 4.90 Å². The van der Waals surface area contributed by atoms with Crippen molar-refractivity contribution >= 4 is 29.7 Å². The number of halogens is 2. The van der Waals surface area contributed by atoms with Gasteiger partial charge in [-0.1, -0.05) is 17.7 Å². The quantitative estimate of drug-likeness (QED) is 0.682. The lowest BCUT2D eigenvalue weighted by atomic mass is 9.98. The van der Waals surface area contributed by atoms with Crippen molar-refractivity contribution < 1.29 is 4.92 Å². The highest BCUT2D eigenvalue weighted by Crippen LogP contribution is 2.37. The molecule has 2 aliphatic rings. The van der Waals surface area contributed by atoms with Gasteiger partial charge in [0, 0.05) is 31.7 Å². The number of hydrogen-bond acceptors (Lipinski definition) is 4. The normalized spacial score (nSPS) is 28.2. The highest BCUT2D eigenvalue weighted by Gasteiger charge is 2.40. The van der Waals surface area contributed by atoms with Crippen molar-refractivity contribution in [3.8, 4) is 0 Å². The van der Waals surface area contributed by atoms with Crippen molar-refractivity contribution in [2.24, 2.45) is 17.6 Å². The van der Waals surface area contributed by atoms with Crippen LogP contribution in [0.3, 0.4) is 0 Å². The van der Waals surface area contributed by atoms with Gasteiger partial charge in [0.2, 0.25) is 0 Å². The molecule has 7 heteroatoms. The zero-order valence-corrected chi connectivity index (χ0v) is 13.1. The molecule has 1 aliphatic carbocycles. The standard InChI is InChI=1S/C14H18ClN3O2.ClH/c15-12-3-1-9(5-14(12)18(19)20)6-17-7-10-2-4-13(16)11(10)8-17;/h1,3,5,10-11,13H,2,4,6-8,16H2;1H. The molecular formula is C14H19Cl2N3O2. The number of nitro groups is 1. The summed E-state index contributed by atoms with van der Waals surface area (Å²) < 4.78 is 0. The lowest BCUT2D eigenvalue weighted by Gasteiger charge is -2.18. The van der Waals surface area contributed by atoms with Crippen LogP contribution >= 0.6 is 24.0 Å². The fraction of sp³-hybridized carbons (Fsp3) is 0.571. The number of fused-ring (bicyclic) bond motifs is 1. The first-order valence-electron chi connectivity index (χ1n) is 6.95. The summed E-state index contributed by atoms with van der Waals surface area (Å²) in [5.41, 5.74) is 7.05. The molecule has 3 rings (SSSR count). The van der Waals surface area contributed by atoms with Crippen LogP contribution in [0.1, 0.15) is 18.4 Å². The second-order valence-corrected chi connectivity index (χ2v) is 6.31. The topological polar surface area (TPSA) is 72.4 Å². The molecule has 116 valence electrons. The zero-order valence-electron chi connectivity index (χ0n) is 11.6. The van der Waals surface area contributed by atoms with Crippen LogP contribution in [0.4, 0.5) is 5.69 Å². The fourth-order valence-electron chi connectivity index (χ4n) is 3.58. The zero-order chi connectivity index (χ0) is 14.3. The molecule has 3 atom stereocenters. The van der Waals surface area contributed by atoms with Gasteiger partial charge in [0.25, 0.3) is 5.69 Å². The summed E-state index contributed by atoms with van der Waals surface area (Å²) in [5.74, 6) is 1.30. The lowest BCUT2D eigenvalue weighted by Crippen LogP contribution is -2.30. The minimum atomic E-state index is -0.430. The van der Waals surface area contributed by atoms with Crippen LogP contribution in [0, 0.1) is 22.0 Å². The molecule has 1 aromatic carbocycles. The molecule has 1 heterocycles. The highest BCUT2D eigenvalue weighted by molar-refractivity contribution is 6.32. The third-order valence-electron chi connectivity index (χ3n) is 4.60. The van der Waals surface area contributed by atoms with Crippen LogP contribution in [0.15, 0.2) is 18.2 Å². The van der Waals surface area contributed by atoms with Crippen molar-refractivity contribution in [3.63, 3.8) is 0 Å². The summed E-state index contributed by atoms with van der Waals surface area (Å²) >= 11 is 5.83. The molecule has 1 aromatic rings. The number of likely N-dealkylation sites (tertiary alicyclic amines) is 1. The third-order valence-corrected chi connectivity index (χ3v) is 4.92. The summed E-state index contributed by atoms with van der Waals surface area (Å²) in [4.78, 5) is 12.8. The molecule has 0 aromatic heterocycles. The summed E-state index contributed by atoms with van der Waals surface area (Å²) in [5, 5.41) is 11.1. The van der Waals surface area contributed by atoms with E-state index in [1.807, 2.05) is 6.07 Å². The Labute approximate surface area is 135 Å². The molecule has 2 fully saturated rings. The Bertz CT molecular complexity index is 541. The maximum atomic E-state index is 10.9. The van der Waals surface area contributed by atoms with Gasteiger partial charge in [-0.05, 0) is 36.3 Å². The minimum absolute atomic E-state index is 0. The Balaban J connectivity index is 0.00000161. The molecule has 1 saturated carbocycles. The van der Waals surface area contributed by atoms with Crippen molar-refractivity contribution in [3.05, 3.63) is 38.9 Å². The second-order valence-electron chi connectivity index (χ2n) is 5.90. The number of nitro benzene ring substituents is 1. The van der Waals surface area contributed by atoms with E-state index in [1.54, 1.807) is 12.1 Å². The van der Waals surface area contributed by atoms with Gasteiger partial charge in [-0.3, -0.25) is 15.0 Å². The molecule has 0 spiro atoms. The third kappa shape index (κ3) is 3.31. The molecule has 0 amide bonds. The van der Waals surface area contributed by atoms with E-state index < -0.39 is 4.92 Å². The van der Waals surface area contributed by atoms with Crippen LogP contribution in [0.25, 0.3) is 0 Å². The predicted molar refractivity (Wildman–Crippen MR) is 84.8 cm³/mol. The molecule has 0 bridgehead atoms. The van der Waals surface area contributed by atoms with Crippen LogP contribution in [-0.2, 0) is 6.54 Å². The molecule has 1 saturated heterocycles. The second kappa shape index (κ2) is 6.48. The Hall–Kier alpha value is -0.880. The lowest BCUT2D eigenvalue weighted by molar-refractivity contribution is -0.384. The average Bonchev–Trinajstić information content (AvgIpc) is 2.94. The van der Waals surface area contributed by atoms with Gasteiger partial charge in [0.15, 0.2) is 0 Å². The van der Waals surface area contributed by atoms with Crippen LogP contribution in [-0.4, -0.2) is 29.0 Å². The van der Waals surface area contributed by atoms with Gasteiger partial charge >= 0.3 is 0 Å². The number of nitrogens with two attached hydrogens (primary N) is 1. The summed E-state index contributed by atoms with van der Waals surface area (Å²) in [7, 11) is 0. The molecule has 0 radical (unpaired) electrons. The first-order chi connectivity index (χ1) is 9.54. The number of benzene rings is 1. The van der Waals surface area contributed by atoms with Crippen LogP contribution < -0.4 is 5.73 Å².